The Morgan fingerprint density at radius 1 is 1.50 bits per heavy atom. The average molecular weight is 314 g/mol. The number of thioether (sulfide) groups is 1. The Hall–Kier alpha value is -2.53. The number of nitriles is 1. The zero-order valence-electron chi connectivity index (χ0n) is 11.7. The standard InChI is InChI=1S/C14H14N6OS/c15-7-9-2-1-3-10(6-9)17-12(21)8-22-14-19-18-13(16)20(14)11-4-5-11/h1-3,6,11H,4-5,8H2,(H2,16,18)(H,17,21). The highest BCUT2D eigenvalue weighted by Gasteiger charge is 2.29. The molecule has 1 aromatic carbocycles. The molecule has 0 unspecified atom stereocenters. The molecule has 0 bridgehead atoms. The summed E-state index contributed by atoms with van der Waals surface area (Å²) >= 11 is 1.31. The zero-order valence-corrected chi connectivity index (χ0v) is 12.5. The molecule has 112 valence electrons. The molecule has 8 heteroatoms. The monoisotopic (exact) mass is 314 g/mol. The Labute approximate surface area is 131 Å². The van der Waals surface area contributed by atoms with Crippen LogP contribution >= 0.6 is 11.8 Å². The second-order valence-electron chi connectivity index (χ2n) is 4.97. The maximum atomic E-state index is 12.0. The van der Waals surface area contributed by atoms with Crippen LogP contribution < -0.4 is 11.1 Å². The molecule has 1 amide bonds. The fourth-order valence-corrected chi connectivity index (χ4v) is 2.87. The SMILES string of the molecule is N#Cc1cccc(NC(=O)CSc2nnc(N)n2C2CC2)c1. The van der Waals surface area contributed by atoms with Gasteiger partial charge in [0.25, 0.3) is 0 Å². The van der Waals surface area contributed by atoms with Gasteiger partial charge < -0.3 is 11.1 Å². The number of hydrogen-bond acceptors (Lipinski definition) is 6. The smallest absolute Gasteiger partial charge is 0.234 e. The number of benzene rings is 1. The van der Waals surface area contributed by atoms with E-state index in [0.717, 1.165) is 12.8 Å². The van der Waals surface area contributed by atoms with Gasteiger partial charge in [0.15, 0.2) is 5.16 Å². The average Bonchev–Trinajstić information content (AvgIpc) is 3.28. The van der Waals surface area contributed by atoms with Crippen molar-refractivity contribution in [3.63, 3.8) is 0 Å². The number of nitrogens with one attached hydrogen (secondary N) is 1. The van der Waals surface area contributed by atoms with Crippen LogP contribution in [0.5, 0.6) is 0 Å². The molecule has 3 N–H and O–H groups in total. The van der Waals surface area contributed by atoms with Crippen molar-refractivity contribution in [2.75, 3.05) is 16.8 Å². The summed E-state index contributed by atoms with van der Waals surface area (Å²) in [6, 6.07) is 9.19. The minimum atomic E-state index is -0.163. The molecule has 0 aliphatic heterocycles. The largest absolute Gasteiger partial charge is 0.368 e. The van der Waals surface area contributed by atoms with Gasteiger partial charge in [0.05, 0.1) is 17.4 Å². The van der Waals surface area contributed by atoms with Gasteiger partial charge in [0, 0.05) is 11.7 Å². The third kappa shape index (κ3) is 3.20. The van der Waals surface area contributed by atoms with Gasteiger partial charge in [-0.2, -0.15) is 5.26 Å². The van der Waals surface area contributed by atoms with E-state index in [1.807, 2.05) is 10.6 Å². The van der Waals surface area contributed by atoms with Crippen molar-refractivity contribution < 1.29 is 4.79 Å². The fraction of sp³-hybridized carbons (Fsp3) is 0.286. The number of amides is 1. The highest BCUT2D eigenvalue weighted by atomic mass is 32.2. The predicted molar refractivity (Wildman–Crippen MR) is 83.2 cm³/mol. The minimum Gasteiger partial charge on any atom is -0.368 e. The summed E-state index contributed by atoms with van der Waals surface area (Å²) in [7, 11) is 0. The normalized spacial score (nSPS) is 13.6. The Morgan fingerprint density at radius 3 is 3.05 bits per heavy atom. The second-order valence-corrected chi connectivity index (χ2v) is 5.91. The van der Waals surface area contributed by atoms with Gasteiger partial charge in [-0.05, 0) is 31.0 Å². The maximum Gasteiger partial charge on any atom is 0.234 e. The Kier molecular flexibility index (Phi) is 3.98. The third-order valence-electron chi connectivity index (χ3n) is 3.21. The van der Waals surface area contributed by atoms with E-state index < -0.39 is 0 Å². The highest BCUT2D eigenvalue weighted by Crippen LogP contribution is 2.39. The number of carbonyl (C=O) groups excluding carboxylic acids is 1. The molecule has 1 aromatic heterocycles. The Morgan fingerprint density at radius 2 is 2.32 bits per heavy atom. The van der Waals surface area contributed by atoms with E-state index in [0.29, 0.717) is 28.4 Å². The molecule has 1 fully saturated rings. The van der Waals surface area contributed by atoms with Crippen molar-refractivity contribution in [2.45, 2.75) is 24.0 Å². The first-order valence-corrected chi connectivity index (χ1v) is 7.79. The molecule has 7 nitrogen and oxygen atoms in total. The van der Waals surface area contributed by atoms with E-state index in [-0.39, 0.29) is 11.7 Å². The predicted octanol–water partition coefficient (Wildman–Crippen LogP) is 1.80. The van der Waals surface area contributed by atoms with Gasteiger partial charge in [0.1, 0.15) is 0 Å². The number of aromatic nitrogens is 3. The zero-order chi connectivity index (χ0) is 15.5. The van der Waals surface area contributed by atoms with E-state index in [1.54, 1.807) is 24.3 Å². The van der Waals surface area contributed by atoms with E-state index in [9.17, 15) is 4.79 Å². The van der Waals surface area contributed by atoms with E-state index in [2.05, 4.69) is 15.5 Å². The highest BCUT2D eigenvalue weighted by molar-refractivity contribution is 7.99. The molecular weight excluding hydrogens is 300 g/mol. The first kappa shape index (κ1) is 14.4. The summed E-state index contributed by atoms with van der Waals surface area (Å²) in [5, 5.41) is 20.1. The summed E-state index contributed by atoms with van der Waals surface area (Å²) in [5.74, 6) is 0.442. The molecule has 1 heterocycles. The van der Waals surface area contributed by atoms with Crippen LogP contribution in [0.15, 0.2) is 29.4 Å². The number of rotatable bonds is 5. The van der Waals surface area contributed by atoms with Crippen LogP contribution in [-0.2, 0) is 4.79 Å². The Balaban J connectivity index is 1.59. The summed E-state index contributed by atoms with van der Waals surface area (Å²) in [6.07, 6.45) is 2.14. The number of carbonyl (C=O) groups is 1. The molecule has 1 aliphatic rings. The van der Waals surface area contributed by atoms with Crippen molar-refractivity contribution in [3.8, 4) is 6.07 Å². The lowest BCUT2D eigenvalue weighted by atomic mass is 10.2. The first-order chi connectivity index (χ1) is 10.7. The van der Waals surface area contributed by atoms with E-state index >= 15 is 0 Å². The number of nitrogens with zero attached hydrogens (tertiary/aromatic N) is 4. The summed E-state index contributed by atoms with van der Waals surface area (Å²) < 4.78 is 1.88. The fourth-order valence-electron chi connectivity index (χ4n) is 2.06. The summed E-state index contributed by atoms with van der Waals surface area (Å²) in [6.45, 7) is 0. The number of nitrogen functional groups attached to an aromatic ring is 1. The molecule has 0 saturated heterocycles. The maximum absolute atomic E-state index is 12.0. The molecule has 3 rings (SSSR count). The van der Waals surface area contributed by atoms with Crippen molar-refractivity contribution in [3.05, 3.63) is 29.8 Å². The molecule has 22 heavy (non-hydrogen) atoms. The lowest BCUT2D eigenvalue weighted by Gasteiger charge is -2.07. The van der Waals surface area contributed by atoms with Crippen LogP contribution in [0.1, 0.15) is 24.4 Å². The molecule has 1 saturated carbocycles. The van der Waals surface area contributed by atoms with Crippen LogP contribution in [0.4, 0.5) is 11.6 Å². The number of hydrogen-bond donors (Lipinski definition) is 2. The van der Waals surface area contributed by atoms with Crippen LogP contribution in [0.25, 0.3) is 0 Å². The molecule has 2 aromatic rings. The molecule has 0 spiro atoms. The molecule has 1 aliphatic carbocycles. The minimum absolute atomic E-state index is 0.163. The van der Waals surface area contributed by atoms with Crippen LogP contribution in [0, 0.1) is 11.3 Å². The van der Waals surface area contributed by atoms with Crippen LogP contribution in [0.3, 0.4) is 0 Å². The van der Waals surface area contributed by atoms with Gasteiger partial charge in [0.2, 0.25) is 11.9 Å². The van der Waals surface area contributed by atoms with Crippen molar-refractivity contribution in [1.82, 2.24) is 14.8 Å². The number of nitrogens with two attached hydrogens (primary N) is 1. The molecule has 0 atom stereocenters. The van der Waals surface area contributed by atoms with Gasteiger partial charge in [-0.1, -0.05) is 17.8 Å². The summed E-state index contributed by atoms with van der Waals surface area (Å²) in [5.41, 5.74) is 6.90. The van der Waals surface area contributed by atoms with E-state index in [1.165, 1.54) is 11.8 Å². The van der Waals surface area contributed by atoms with Gasteiger partial charge >= 0.3 is 0 Å². The quantitative estimate of drug-likeness (QED) is 0.814. The molecule has 0 radical (unpaired) electrons. The first-order valence-electron chi connectivity index (χ1n) is 6.80. The van der Waals surface area contributed by atoms with Crippen LogP contribution in [0.2, 0.25) is 0 Å². The van der Waals surface area contributed by atoms with Gasteiger partial charge in [-0.25, -0.2) is 0 Å². The van der Waals surface area contributed by atoms with Crippen molar-refractivity contribution >= 4 is 29.3 Å². The summed E-state index contributed by atoms with van der Waals surface area (Å²) in [4.78, 5) is 12.0. The lowest BCUT2D eigenvalue weighted by molar-refractivity contribution is -0.113. The van der Waals surface area contributed by atoms with Gasteiger partial charge in [-0.15, -0.1) is 10.2 Å². The van der Waals surface area contributed by atoms with Crippen molar-refractivity contribution in [2.24, 2.45) is 0 Å². The third-order valence-corrected chi connectivity index (χ3v) is 4.15. The second kappa shape index (κ2) is 6.07. The van der Waals surface area contributed by atoms with Gasteiger partial charge in [-0.3, -0.25) is 9.36 Å². The topological polar surface area (TPSA) is 110 Å². The Bertz CT molecular complexity index is 746. The van der Waals surface area contributed by atoms with Crippen LogP contribution in [-0.4, -0.2) is 26.4 Å². The van der Waals surface area contributed by atoms with E-state index in [4.69, 9.17) is 11.0 Å². The van der Waals surface area contributed by atoms with Crippen molar-refractivity contribution in [1.29, 1.82) is 5.26 Å². The molecular formula is C14H14N6OS. The lowest BCUT2D eigenvalue weighted by Crippen LogP contribution is -2.14. The number of anilines is 2.